The van der Waals surface area contributed by atoms with E-state index in [-0.39, 0.29) is 0 Å². The fourth-order valence-electron chi connectivity index (χ4n) is 1.79. The number of methoxy groups -OCH3 is 1. The molecule has 0 atom stereocenters. The molecule has 0 radical (unpaired) electrons. The number of hydrogen-bond acceptors (Lipinski definition) is 4. The molecule has 2 rings (SSSR count). The van der Waals surface area contributed by atoms with Gasteiger partial charge in [0.15, 0.2) is 0 Å². The van der Waals surface area contributed by atoms with Crippen molar-refractivity contribution in [2.75, 3.05) is 7.11 Å². The zero-order valence-electron chi connectivity index (χ0n) is 11.1. The van der Waals surface area contributed by atoms with Gasteiger partial charge in [0.25, 0.3) is 0 Å². The van der Waals surface area contributed by atoms with Crippen LogP contribution in [0.25, 0.3) is 0 Å². The first kappa shape index (κ1) is 12.9. The minimum absolute atomic E-state index is 0.327. The van der Waals surface area contributed by atoms with E-state index in [1.54, 1.807) is 19.2 Å². The second-order valence-corrected chi connectivity index (χ2v) is 4.15. The molecular weight excluding hydrogens is 240 g/mol. The second-order valence-electron chi connectivity index (χ2n) is 4.15. The average Bonchev–Trinajstić information content (AvgIpc) is 2.38. The molecule has 0 saturated heterocycles. The summed E-state index contributed by atoms with van der Waals surface area (Å²) >= 11 is 0. The Morgan fingerprint density at radius 3 is 2.58 bits per heavy atom. The summed E-state index contributed by atoms with van der Waals surface area (Å²) in [5.74, 6) is 1.61. The monoisotopic (exact) mass is 254 g/mol. The number of benzene rings is 1. The van der Waals surface area contributed by atoms with E-state index in [4.69, 9.17) is 9.47 Å². The summed E-state index contributed by atoms with van der Waals surface area (Å²) in [5.41, 5.74) is 2.12. The van der Waals surface area contributed by atoms with Crippen LogP contribution >= 0.6 is 0 Å². The van der Waals surface area contributed by atoms with Crippen molar-refractivity contribution in [3.63, 3.8) is 0 Å². The van der Waals surface area contributed by atoms with E-state index in [1.807, 2.05) is 32.0 Å². The van der Waals surface area contributed by atoms with Crippen molar-refractivity contribution in [1.82, 2.24) is 4.98 Å². The van der Waals surface area contributed by atoms with Crippen molar-refractivity contribution in [2.45, 2.75) is 13.8 Å². The number of nitriles is 1. The van der Waals surface area contributed by atoms with Crippen LogP contribution in [-0.2, 0) is 0 Å². The first-order valence-electron chi connectivity index (χ1n) is 5.84. The van der Waals surface area contributed by atoms with Gasteiger partial charge in [-0.1, -0.05) is 6.07 Å². The maximum absolute atomic E-state index is 9.17. The summed E-state index contributed by atoms with van der Waals surface area (Å²) < 4.78 is 10.8. The van der Waals surface area contributed by atoms with E-state index in [0.717, 1.165) is 11.3 Å². The van der Waals surface area contributed by atoms with Crippen LogP contribution < -0.4 is 9.47 Å². The van der Waals surface area contributed by atoms with Gasteiger partial charge in [0.1, 0.15) is 23.1 Å². The van der Waals surface area contributed by atoms with Gasteiger partial charge in [0.05, 0.1) is 7.11 Å². The summed E-state index contributed by atoms with van der Waals surface area (Å²) in [7, 11) is 1.59. The molecule has 0 unspecified atom stereocenters. The highest BCUT2D eigenvalue weighted by Gasteiger charge is 2.11. The topological polar surface area (TPSA) is 55.1 Å². The zero-order valence-corrected chi connectivity index (χ0v) is 11.1. The van der Waals surface area contributed by atoms with Crippen LogP contribution in [0.2, 0.25) is 0 Å². The third-order valence-electron chi connectivity index (χ3n) is 2.68. The van der Waals surface area contributed by atoms with Gasteiger partial charge in [-0.15, -0.1) is 0 Å². The van der Waals surface area contributed by atoms with Gasteiger partial charge in [-0.3, -0.25) is 0 Å². The Kier molecular flexibility index (Phi) is 3.67. The quantitative estimate of drug-likeness (QED) is 0.842. The fourth-order valence-corrected chi connectivity index (χ4v) is 1.79. The highest BCUT2D eigenvalue weighted by Crippen LogP contribution is 2.27. The molecule has 1 heterocycles. The Morgan fingerprint density at radius 1 is 1.16 bits per heavy atom. The van der Waals surface area contributed by atoms with Gasteiger partial charge >= 0.3 is 0 Å². The van der Waals surface area contributed by atoms with Crippen molar-refractivity contribution >= 4 is 0 Å². The van der Waals surface area contributed by atoms with Gasteiger partial charge in [-0.2, -0.15) is 5.26 Å². The number of ether oxygens (including phenoxy) is 2. The van der Waals surface area contributed by atoms with Crippen molar-refractivity contribution in [2.24, 2.45) is 0 Å². The molecule has 0 bridgehead atoms. The maximum atomic E-state index is 9.17. The molecule has 4 nitrogen and oxygen atoms in total. The Labute approximate surface area is 112 Å². The second kappa shape index (κ2) is 5.40. The normalized spacial score (nSPS) is 9.79. The number of rotatable bonds is 3. The Bertz CT molecular complexity index is 645. The molecule has 19 heavy (non-hydrogen) atoms. The SMILES string of the molecule is COc1cccc(Oc2nc(C)cc(C)c2C#N)c1. The zero-order chi connectivity index (χ0) is 13.8. The van der Waals surface area contributed by atoms with Gasteiger partial charge in [0, 0.05) is 11.8 Å². The molecular formula is C15H14N2O2. The first-order valence-corrected chi connectivity index (χ1v) is 5.84. The molecule has 2 aromatic rings. The van der Waals surface area contributed by atoms with E-state index in [9.17, 15) is 5.26 Å². The maximum Gasteiger partial charge on any atom is 0.237 e. The molecule has 1 aromatic carbocycles. The van der Waals surface area contributed by atoms with Crippen LogP contribution in [0.5, 0.6) is 17.4 Å². The number of hydrogen-bond donors (Lipinski definition) is 0. The molecule has 0 aliphatic carbocycles. The summed E-state index contributed by atoms with van der Waals surface area (Å²) in [4.78, 5) is 4.27. The molecule has 1 aromatic heterocycles. The van der Waals surface area contributed by atoms with Crippen LogP contribution in [0.4, 0.5) is 0 Å². The van der Waals surface area contributed by atoms with E-state index in [1.165, 1.54) is 0 Å². The average molecular weight is 254 g/mol. The summed E-state index contributed by atoms with van der Waals surface area (Å²) in [6.07, 6.45) is 0. The molecule has 0 amide bonds. The molecule has 0 saturated carbocycles. The lowest BCUT2D eigenvalue weighted by Gasteiger charge is -2.10. The van der Waals surface area contributed by atoms with Crippen LogP contribution in [0.15, 0.2) is 30.3 Å². The van der Waals surface area contributed by atoms with Gasteiger partial charge in [0.2, 0.25) is 5.88 Å². The van der Waals surface area contributed by atoms with Crippen LogP contribution in [-0.4, -0.2) is 12.1 Å². The highest BCUT2D eigenvalue weighted by atomic mass is 16.5. The van der Waals surface area contributed by atoms with Crippen LogP contribution in [0.3, 0.4) is 0 Å². The van der Waals surface area contributed by atoms with E-state index in [2.05, 4.69) is 11.1 Å². The number of aryl methyl sites for hydroxylation is 2. The van der Waals surface area contributed by atoms with Crippen molar-refractivity contribution in [1.29, 1.82) is 5.26 Å². The standard InChI is InChI=1S/C15H14N2O2/c1-10-7-11(2)17-15(14(10)9-16)19-13-6-4-5-12(8-13)18-3/h4-8H,1-3H3. The summed E-state index contributed by atoms with van der Waals surface area (Å²) in [6, 6.07) is 11.2. The van der Waals surface area contributed by atoms with Crippen molar-refractivity contribution < 1.29 is 9.47 Å². The van der Waals surface area contributed by atoms with Gasteiger partial charge in [-0.05, 0) is 37.6 Å². The minimum Gasteiger partial charge on any atom is -0.497 e. The molecule has 96 valence electrons. The van der Waals surface area contributed by atoms with E-state index in [0.29, 0.717) is 22.9 Å². The number of pyridine rings is 1. The van der Waals surface area contributed by atoms with Crippen LogP contribution in [0.1, 0.15) is 16.8 Å². The smallest absolute Gasteiger partial charge is 0.237 e. The minimum atomic E-state index is 0.327. The molecule has 0 N–H and O–H groups in total. The highest BCUT2D eigenvalue weighted by molar-refractivity contribution is 5.47. The Balaban J connectivity index is 2.40. The predicted molar refractivity (Wildman–Crippen MR) is 71.5 cm³/mol. The van der Waals surface area contributed by atoms with Crippen molar-refractivity contribution in [3.8, 4) is 23.4 Å². The van der Waals surface area contributed by atoms with E-state index >= 15 is 0 Å². The number of nitrogens with zero attached hydrogens (tertiary/aromatic N) is 2. The lowest BCUT2D eigenvalue weighted by molar-refractivity contribution is 0.407. The van der Waals surface area contributed by atoms with Crippen molar-refractivity contribution in [3.05, 3.63) is 47.2 Å². The first-order chi connectivity index (χ1) is 9.13. The lowest BCUT2D eigenvalue weighted by Crippen LogP contribution is -1.97. The van der Waals surface area contributed by atoms with Gasteiger partial charge in [-0.25, -0.2) is 4.98 Å². The Morgan fingerprint density at radius 2 is 1.89 bits per heavy atom. The molecule has 0 aliphatic rings. The number of aromatic nitrogens is 1. The Hall–Kier alpha value is -2.54. The lowest BCUT2D eigenvalue weighted by atomic mass is 10.1. The molecule has 4 heteroatoms. The van der Waals surface area contributed by atoms with Gasteiger partial charge < -0.3 is 9.47 Å². The largest absolute Gasteiger partial charge is 0.497 e. The molecule has 0 fully saturated rings. The predicted octanol–water partition coefficient (Wildman–Crippen LogP) is 3.37. The van der Waals surface area contributed by atoms with E-state index < -0.39 is 0 Å². The van der Waals surface area contributed by atoms with Crippen LogP contribution in [0, 0.1) is 25.2 Å². The molecule has 0 spiro atoms. The third-order valence-corrected chi connectivity index (χ3v) is 2.68. The fraction of sp³-hybridized carbons (Fsp3) is 0.200. The molecule has 0 aliphatic heterocycles. The summed E-state index contributed by atoms with van der Waals surface area (Å²) in [6.45, 7) is 3.73. The summed E-state index contributed by atoms with van der Waals surface area (Å²) in [5, 5.41) is 9.17. The third kappa shape index (κ3) is 2.83.